The van der Waals surface area contributed by atoms with Crippen molar-refractivity contribution in [2.24, 2.45) is 5.73 Å². The average Bonchev–Trinajstić information content (AvgIpc) is 2.74. The van der Waals surface area contributed by atoms with Gasteiger partial charge in [0.05, 0.1) is 30.0 Å². The summed E-state index contributed by atoms with van der Waals surface area (Å²) in [5, 5.41) is 9.22. The molecule has 0 bridgehead atoms. The molecule has 1 aliphatic heterocycles. The van der Waals surface area contributed by atoms with Gasteiger partial charge in [-0.3, -0.25) is 4.79 Å². The number of nitrogens with zero attached hydrogens (tertiary/aromatic N) is 2. The van der Waals surface area contributed by atoms with Gasteiger partial charge in [-0.15, -0.1) is 0 Å². The van der Waals surface area contributed by atoms with Gasteiger partial charge in [0, 0.05) is 30.3 Å². The lowest BCUT2D eigenvalue weighted by Crippen LogP contribution is -2.33. The summed E-state index contributed by atoms with van der Waals surface area (Å²) in [6.07, 6.45) is -0.549. The molecular formula is C23H22FN3O3. The van der Waals surface area contributed by atoms with Crippen molar-refractivity contribution in [3.63, 3.8) is 0 Å². The van der Waals surface area contributed by atoms with Crippen LogP contribution in [0.2, 0.25) is 0 Å². The summed E-state index contributed by atoms with van der Waals surface area (Å²) in [7, 11) is 1.92. The summed E-state index contributed by atoms with van der Waals surface area (Å²) < 4.78 is 21.0. The van der Waals surface area contributed by atoms with Crippen LogP contribution in [0.15, 0.2) is 54.6 Å². The molecule has 3 N–H and O–H groups in total. The molecule has 1 aromatic heterocycles. The van der Waals surface area contributed by atoms with Gasteiger partial charge in [-0.05, 0) is 24.3 Å². The van der Waals surface area contributed by atoms with Crippen LogP contribution >= 0.6 is 0 Å². The number of benzene rings is 2. The van der Waals surface area contributed by atoms with Gasteiger partial charge in [-0.2, -0.15) is 0 Å². The molecule has 2 heterocycles. The molecule has 2 aromatic carbocycles. The third kappa shape index (κ3) is 3.71. The van der Waals surface area contributed by atoms with E-state index in [2.05, 4.69) is 4.98 Å². The third-order valence-electron chi connectivity index (χ3n) is 5.20. The molecular weight excluding hydrogens is 385 g/mol. The Morgan fingerprint density at radius 3 is 2.70 bits per heavy atom. The minimum atomic E-state index is -0.924. The van der Waals surface area contributed by atoms with E-state index in [0.29, 0.717) is 40.4 Å². The molecule has 0 aliphatic carbocycles. The topological polar surface area (TPSA) is 88.7 Å². The molecule has 0 radical (unpaired) electrons. The number of carboxylic acid groups (broad SMARTS) is 1. The van der Waals surface area contributed by atoms with Crippen LogP contribution in [-0.2, 0) is 17.8 Å². The second-order valence-corrected chi connectivity index (χ2v) is 7.25. The molecule has 0 saturated heterocycles. The number of carboxylic acids is 1. The van der Waals surface area contributed by atoms with E-state index < -0.39 is 12.1 Å². The van der Waals surface area contributed by atoms with Crippen molar-refractivity contribution in [1.82, 2.24) is 4.98 Å². The predicted octanol–water partition coefficient (Wildman–Crippen LogP) is 3.54. The molecule has 1 unspecified atom stereocenters. The van der Waals surface area contributed by atoms with E-state index in [0.717, 1.165) is 5.69 Å². The van der Waals surface area contributed by atoms with Crippen LogP contribution in [0.1, 0.15) is 22.9 Å². The zero-order chi connectivity index (χ0) is 21.3. The Balaban J connectivity index is 1.70. The first-order chi connectivity index (χ1) is 14.5. The van der Waals surface area contributed by atoms with Gasteiger partial charge in [0.1, 0.15) is 11.6 Å². The minimum Gasteiger partial charge on any atom is -0.481 e. The Kier molecular flexibility index (Phi) is 5.37. The number of rotatable bonds is 5. The fourth-order valence-corrected chi connectivity index (χ4v) is 3.71. The molecule has 1 atom stereocenters. The molecule has 6 nitrogen and oxygen atoms in total. The number of anilines is 1. The van der Waals surface area contributed by atoms with Crippen molar-refractivity contribution >= 4 is 11.7 Å². The van der Waals surface area contributed by atoms with E-state index in [1.54, 1.807) is 30.3 Å². The Morgan fingerprint density at radius 2 is 1.93 bits per heavy atom. The van der Waals surface area contributed by atoms with Crippen LogP contribution in [-0.4, -0.2) is 29.7 Å². The second-order valence-electron chi connectivity index (χ2n) is 7.25. The Hall–Kier alpha value is -3.45. The summed E-state index contributed by atoms with van der Waals surface area (Å²) in [4.78, 5) is 17.9. The maximum absolute atomic E-state index is 14.8. The van der Waals surface area contributed by atoms with E-state index in [9.17, 15) is 14.3 Å². The second kappa shape index (κ2) is 8.12. The standard InChI is InChI=1S/C23H22FN3O3/c1-27-13-20(30-23-14(11-21(28)29)5-3-10-19(23)27)18-9-4-8-17(26-18)16-7-2-6-15(12-25)22(16)24/h2-10,20H,11-13,25H2,1H3,(H,28,29). The lowest BCUT2D eigenvalue weighted by molar-refractivity contribution is -0.136. The highest BCUT2D eigenvalue weighted by Gasteiger charge is 2.28. The van der Waals surface area contributed by atoms with Crippen molar-refractivity contribution in [1.29, 1.82) is 0 Å². The first-order valence-corrected chi connectivity index (χ1v) is 9.64. The third-order valence-corrected chi connectivity index (χ3v) is 5.20. The zero-order valence-corrected chi connectivity index (χ0v) is 16.5. The number of nitrogens with two attached hydrogens (primary N) is 1. The van der Waals surface area contributed by atoms with Crippen LogP contribution in [0.5, 0.6) is 5.75 Å². The number of aliphatic carboxylic acids is 1. The zero-order valence-electron chi connectivity index (χ0n) is 16.5. The maximum Gasteiger partial charge on any atom is 0.307 e. The lowest BCUT2D eigenvalue weighted by atomic mass is 10.0. The summed E-state index contributed by atoms with van der Waals surface area (Å²) in [5.74, 6) is -0.755. The van der Waals surface area contributed by atoms with Gasteiger partial charge in [0.25, 0.3) is 0 Å². The first-order valence-electron chi connectivity index (χ1n) is 9.64. The van der Waals surface area contributed by atoms with Crippen LogP contribution in [0.3, 0.4) is 0 Å². The van der Waals surface area contributed by atoms with Gasteiger partial charge < -0.3 is 20.5 Å². The largest absolute Gasteiger partial charge is 0.481 e. The van der Waals surface area contributed by atoms with E-state index in [1.165, 1.54) is 0 Å². The number of carbonyl (C=O) groups is 1. The SMILES string of the molecule is CN1CC(c2cccc(-c3cccc(CN)c3F)n2)Oc2c(CC(=O)O)cccc21. The molecule has 0 spiro atoms. The first kappa shape index (κ1) is 19.8. The Labute approximate surface area is 173 Å². The molecule has 30 heavy (non-hydrogen) atoms. The van der Waals surface area contributed by atoms with Crippen molar-refractivity contribution in [3.05, 3.63) is 77.2 Å². The quantitative estimate of drug-likeness (QED) is 0.673. The van der Waals surface area contributed by atoms with Crippen LogP contribution in [0.25, 0.3) is 11.3 Å². The van der Waals surface area contributed by atoms with Gasteiger partial charge >= 0.3 is 5.97 Å². The van der Waals surface area contributed by atoms with Crippen molar-refractivity contribution < 1.29 is 19.0 Å². The number of ether oxygens (including phenoxy) is 1. The summed E-state index contributed by atoms with van der Waals surface area (Å²) in [6.45, 7) is 0.643. The van der Waals surface area contributed by atoms with Crippen LogP contribution in [0.4, 0.5) is 10.1 Å². The van der Waals surface area contributed by atoms with Gasteiger partial charge in [0.15, 0.2) is 6.10 Å². The monoisotopic (exact) mass is 407 g/mol. The number of para-hydroxylation sites is 1. The highest BCUT2D eigenvalue weighted by atomic mass is 19.1. The number of hydrogen-bond donors (Lipinski definition) is 2. The lowest BCUT2D eigenvalue weighted by Gasteiger charge is -2.34. The molecule has 0 fully saturated rings. The van der Waals surface area contributed by atoms with E-state index in [4.69, 9.17) is 10.5 Å². The number of pyridine rings is 1. The number of aromatic nitrogens is 1. The molecule has 4 rings (SSSR count). The molecule has 0 amide bonds. The normalized spacial score (nSPS) is 15.4. The molecule has 154 valence electrons. The fourth-order valence-electron chi connectivity index (χ4n) is 3.71. The van der Waals surface area contributed by atoms with Crippen LogP contribution < -0.4 is 15.4 Å². The summed E-state index contributed by atoms with van der Waals surface area (Å²) >= 11 is 0. The number of likely N-dealkylation sites (N-methyl/N-ethyl adjacent to an activating group) is 1. The highest BCUT2D eigenvalue weighted by molar-refractivity contribution is 5.74. The van der Waals surface area contributed by atoms with Crippen molar-refractivity contribution in [2.45, 2.75) is 19.1 Å². The van der Waals surface area contributed by atoms with E-state index >= 15 is 0 Å². The van der Waals surface area contributed by atoms with Gasteiger partial charge in [-0.25, -0.2) is 9.37 Å². The highest BCUT2D eigenvalue weighted by Crippen LogP contribution is 2.40. The minimum absolute atomic E-state index is 0.110. The summed E-state index contributed by atoms with van der Waals surface area (Å²) in [6, 6.07) is 16.0. The van der Waals surface area contributed by atoms with Crippen molar-refractivity contribution in [2.75, 3.05) is 18.5 Å². The van der Waals surface area contributed by atoms with E-state index in [-0.39, 0.29) is 18.8 Å². The molecule has 7 heteroatoms. The predicted molar refractivity (Wildman–Crippen MR) is 112 cm³/mol. The number of hydrogen-bond acceptors (Lipinski definition) is 5. The smallest absolute Gasteiger partial charge is 0.307 e. The van der Waals surface area contributed by atoms with Gasteiger partial charge in [0.2, 0.25) is 0 Å². The Morgan fingerprint density at radius 1 is 1.20 bits per heavy atom. The molecule has 1 aliphatic rings. The number of halogens is 1. The molecule has 3 aromatic rings. The van der Waals surface area contributed by atoms with E-state index in [1.807, 2.05) is 36.2 Å². The average molecular weight is 407 g/mol. The Bertz CT molecular complexity index is 1100. The fraction of sp³-hybridized carbons (Fsp3) is 0.217. The molecule has 0 saturated carbocycles. The number of fused-ring (bicyclic) bond motifs is 1. The maximum atomic E-state index is 14.8. The van der Waals surface area contributed by atoms with Crippen molar-refractivity contribution in [3.8, 4) is 17.0 Å². The summed E-state index contributed by atoms with van der Waals surface area (Å²) in [5.41, 5.74) is 9.03. The van der Waals surface area contributed by atoms with Gasteiger partial charge in [-0.1, -0.05) is 30.3 Å². The van der Waals surface area contributed by atoms with Crippen LogP contribution in [0, 0.1) is 5.82 Å².